The van der Waals surface area contributed by atoms with E-state index in [0.717, 1.165) is 27.2 Å². The number of nitrogens with zero attached hydrogens (tertiary/aromatic N) is 1. The summed E-state index contributed by atoms with van der Waals surface area (Å²) in [5.41, 5.74) is 2.24. The maximum atomic E-state index is 12.1. The first-order valence-electron chi connectivity index (χ1n) is 6.87. The Morgan fingerprint density at radius 3 is 2.67 bits per heavy atom. The monoisotopic (exact) mass is 275 g/mol. The van der Waals surface area contributed by atoms with Crippen LogP contribution in [0.25, 0.3) is 32.6 Å². The molecule has 2 heterocycles. The minimum Gasteiger partial charge on any atom is -0.428 e. The summed E-state index contributed by atoms with van der Waals surface area (Å²) in [6, 6.07) is 14.1. The molecule has 2 aromatic carbocycles. The number of aromatic nitrogens is 1. The van der Waals surface area contributed by atoms with Gasteiger partial charge in [-0.05, 0) is 24.8 Å². The predicted octanol–water partition coefficient (Wildman–Crippen LogP) is 4.11. The lowest BCUT2D eigenvalue weighted by molar-refractivity contribution is 0.488. The van der Waals surface area contributed by atoms with Gasteiger partial charge in [-0.1, -0.05) is 36.4 Å². The zero-order chi connectivity index (χ0) is 14.6. The van der Waals surface area contributed by atoms with Gasteiger partial charge >= 0.3 is 5.63 Å². The van der Waals surface area contributed by atoms with E-state index in [4.69, 9.17) is 9.40 Å². The molecule has 3 heteroatoms. The molecule has 4 aromatic rings. The zero-order valence-electron chi connectivity index (χ0n) is 11.8. The summed E-state index contributed by atoms with van der Waals surface area (Å²) >= 11 is 0. The molecule has 0 aliphatic carbocycles. The van der Waals surface area contributed by atoms with E-state index < -0.39 is 0 Å². The Morgan fingerprint density at radius 1 is 1.00 bits per heavy atom. The van der Waals surface area contributed by atoms with Crippen LogP contribution in [-0.4, -0.2) is 4.98 Å². The first-order valence-corrected chi connectivity index (χ1v) is 6.87. The second-order valence-electron chi connectivity index (χ2n) is 5.32. The smallest absolute Gasteiger partial charge is 0.345 e. The first-order chi connectivity index (χ1) is 10.1. The molecular weight excluding hydrogens is 262 g/mol. The van der Waals surface area contributed by atoms with Gasteiger partial charge in [0, 0.05) is 16.8 Å². The molecule has 0 N–H and O–H groups in total. The molecular formula is C18H13NO2. The fourth-order valence-corrected chi connectivity index (χ4v) is 2.96. The average molecular weight is 275 g/mol. The summed E-state index contributed by atoms with van der Waals surface area (Å²) in [7, 11) is 0. The molecule has 0 aliphatic rings. The molecule has 0 unspecified atom stereocenters. The third kappa shape index (κ3) is 1.67. The Morgan fingerprint density at radius 2 is 1.81 bits per heavy atom. The van der Waals surface area contributed by atoms with Crippen molar-refractivity contribution in [1.29, 1.82) is 0 Å². The molecule has 0 radical (unpaired) electrons. The maximum Gasteiger partial charge on any atom is 0.345 e. The van der Waals surface area contributed by atoms with Crippen LogP contribution in [0.2, 0.25) is 0 Å². The van der Waals surface area contributed by atoms with Gasteiger partial charge in [-0.2, -0.15) is 0 Å². The molecule has 2 aromatic heterocycles. The van der Waals surface area contributed by atoms with E-state index in [1.54, 1.807) is 6.92 Å². The highest BCUT2D eigenvalue weighted by Crippen LogP contribution is 2.29. The molecule has 0 amide bonds. The van der Waals surface area contributed by atoms with E-state index in [1.807, 2.05) is 31.2 Å². The van der Waals surface area contributed by atoms with Crippen LogP contribution in [0.15, 0.2) is 51.7 Å². The van der Waals surface area contributed by atoms with Gasteiger partial charge in [0.15, 0.2) is 0 Å². The summed E-state index contributed by atoms with van der Waals surface area (Å²) in [5, 5.41) is 3.82. The van der Waals surface area contributed by atoms with E-state index in [1.165, 1.54) is 0 Å². The molecule has 3 nitrogen and oxygen atoms in total. The predicted molar refractivity (Wildman–Crippen MR) is 84.8 cm³/mol. The third-order valence-corrected chi connectivity index (χ3v) is 3.97. The van der Waals surface area contributed by atoms with E-state index in [0.29, 0.717) is 16.7 Å². The second kappa shape index (κ2) is 4.16. The Labute approximate surface area is 120 Å². The van der Waals surface area contributed by atoms with Gasteiger partial charge in [0.25, 0.3) is 0 Å². The van der Waals surface area contributed by atoms with Crippen LogP contribution in [0.3, 0.4) is 0 Å². The van der Waals surface area contributed by atoms with E-state index in [9.17, 15) is 4.79 Å². The fraction of sp³-hybridized carbons (Fsp3) is 0.111. The minimum absolute atomic E-state index is 0.315. The fourth-order valence-electron chi connectivity index (χ4n) is 2.96. The standard InChI is InChI=1S/C18H13NO2/c1-10-9-15-16(18(20)21-10)11(2)13-8-7-12-5-3-4-6-14(12)17(13)19-15/h3-9H,1-2H3. The second-order valence-corrected chi connectivity index (χ2v) is 5.32. The van der Waals surface area contributed by atoms with Crippen molar-refractivity contribution in [3.8, 4) is 0 Å². The van der Waals surface area contributed by atoms with Crippen molar-refractivity contribution in [2.24, 2.45) is 0 Å². The molecule has 0 bridgehead atoms. The molecule has 21 heavy (non-hydrogen) atoms. The Balaban J connectivity index is 2.33. The lowest BCUT2D eigenvalue weighted by Crippen LogP contribution is -2.04. The Bertz CT molecular complexity index is 1080. The topological polar surface area (TPSA) is 43.1 Å². The van der Waals surface area contributed by atoms with Crippen LogP contribution in [0.5, 0.6) is 0 Å². The SMILES string of the molecule is Cc1cc2nc3c(ccc4ccccc43)c(C)c2c(=O)o1. The lowest BCUT2D eigenvalue weighted by atomic mass is 10.0. The summed E-state index contributed by atoms with van der Waals surface area (Å²) in [6.07, 6.45) is 0. The molecule has 0 fully saturated rings. The van der Waals surface area contributed by atoms with E-state index in [-0.39, 0.29) is 5.63 Å². The van der Waals surface area contributed by atoms with Crippen molar-refractivity contribution in [1.82, 2.24) is 4.98 Å². The first kappa shape index (κ1) is 12.1. The van der Waals surface area contributed by atoms with Crippen LogP contribution in [0.4, 0.5) is 0 Å². The van der Waals surface area contributed by atoms with Crippen molar-refractivity contribution in [2.75, 3.05) is 0 Å². The lowest BCUT2D eigenvalue weighted by Gasteiger charge is -2.08. The Kier molecular flexibility index (Phi) is 2.39. The molecule has 0 saturated carbocycles. The highest BCUT2D eigenvalue weighted by molar-refractivity contribution is 6.10. The van der Waals surface area contributed by atoms with Gasteiger partial charge in [0.05, 0.1) is 16.4 Å². The number of rotatable bonds is 0. The molecule has 4 rings (SSSR count). The van der Waals surface area contributed by atoms with Gasteiger partial charge in [0.1, 0.15) is 5.76 Å². The minimum atomic E-state index is -0.315. The summed E-state index contributed by atoms with van der Waals surface area (Å²) in [5.74, 6) is 0.582. The summed E-state index contributed by atoms with van der Waals surface area (Å²) in [6.45, 7) is 3.72. The molecule has 0 aliphatic heterocycles. The third-order valence-electron chi connectivity index (χ3n) is 3.97. The van der Waals surface area contributed by atoms with E-state index in [2.05, 4.69) is 18.2 Å². The normalized spacial score (nSPS) is 11.5. The molecule has 102 valence electrons. The number of hydrogen-bond acceptors (Lipinski definition) is 3. The number of pyridine rings is 1. The van der Waals surface area contributed by atoms with Crippen molar-refractivity contribution < 1.29 is 4.42 Å². The summed E-state index contributed by atoms with van der Waals surface area (Å²) in [4.78, 5) is 16.8. The van der Waals surface area contributed by atoms with Gasteiger partial charge in [-0.25, -0.2) is 9.78 Å². The van der Waals surface area contributed by atoms with Crippen LogP contribution < -0.4 is 5.63 Å². The number of aryl methyl sites for hydroxylation is 2. The summed E-state index contributed by atoms with van der Waals surface area (Å²) < 4.78 is 5.21. The van der Waals surface area contributed by atoms with Crippen LogP contribution >= 0.6 is 0 Å². The zero-order valence-corrected chi connectivity index (χ0v) is 11.8. The van der Waals surface area contributed by atoms with Gasteiger partial charge in [0.2, 0.25) is 0 Å². The van der Waals surface area contributed by atoms with Gasteiger partial charge in [-0.3, -0.25) is 0 Å². The largest absolute Gasteiger partial charge is 0.428 e. The van der Waals surface area contributed by atoms with Crippen molar-refractivity contribution >= 4 is 32.6 Å². The highest BCUT2D eigenvalue weighted by atomic mass is 16.4. The molecule has 0 atom stereocenters. The van der Waals surface area contributed by atoms with E-state index >= 15 is 0 Å². The van der Waals surface area contributed by atoms with Gasteiger partial charge in [-0.15, -0.1) is 0 Å². The maximum absolute atomic E-state index is 12.1. The van der Waals surface area contributed by atoms with Crippen molar-refractivity contribution in [3.63, 3.8) is 0 Å². The number of benzene rings is 2. The number of hydrogen-bond donors (Lipinski definition) is 0. The number of fused-ring (bicyclic) bond motifs is 4. The van der Waals surface area contributed by atoms with Crippen LogP contribution in [0.1, 0.15) is 11.3 Å². The van der Waals surface area contributed by atoms with Crippen molar-refractivity contribution in [3.05, 3.63) is 64.2 Å². The van der Waals surface area contributed by atoms with Crippen molar-refractivity contribution in [2.45, 2.75) is 13.8 Å². The quantitative estimate of drug-likeness (QED) is 0.358. The highest BCUT2D eigenvalue weighted by Gasteiger charge is 2.12. The van der Waals surface area contributed by atoms with Crippen LogP contribution in [0, 0.1) is 13.8 Å². The Hall–Kier alpha value is -2.68. The van der Waals surface area contributed by atoms with Gasteiger partial charge < -0.3 is 4.42 Å². The molecule has 0 saturated heterocycles. The average Bonchev–Trinajstić information content (AvgIpc) is 2.46. The van der Waals surface area contributed by atoms with Crippen LogP contribution in [-0.2, 0) is 0 Å². The molecule has 0 spiro atoms.